The Morgan fingerprint density at radius 2 is 0.481 bits per heavy atom. The standard InChI is InChI=1S/C75H130O6/c1-4-7-10-13-16-19-22-25-27-29-30-31-32-33-34-35-36-37-38-39-40-41-42-43-44-46-47-50-53-56-59-62-65-68-74(77)80-71-72(70-79-73(76)67-64-61-58-55-52-49-24-21-18-15-12-9-6-3)81-75(78)69-66-63-60-57-54-51-48-45-28-26-23-20-17-14-11-8-5-2/h7-8,10-11,16-17,19-20,25-28,30-31,48,51,72H,4-6,9,12-15,18,21-24,29,32-47,49-50,52-71H2,1-3H3/b10-7-,11-8-,19-16-,20-17-,27-25-,28-26-,31-30-,51-48-. The first-order chi connectivity index (χ1) is 40.0. The molecule has 0 N–H and O–H groups in total. The summed E-state index contributed by atoms with van der Waals surface area (Å²) in [6.45, 7) is 6.43. The van der Waals surface area contributed by atoms with E-state index in [9.17, 15) is 14.4 Å². The molecule has 0 rings (SSSR count). The SMILES string of the molecule is CC/C=C\C/C=C\C/C=C\C/C=C\CCCCCCCCCCCCCCCCCCCCCCC(=O)OCC(COC(=O)CCCCCCCCCCCCCCC)OC(=O)CCCCCC/C=C\C/C=C\C/C=C\C/C=C\CC. The van der Waals surface area contributed by atoms with Crippen molar-refractivity contribution in [2.45, 2.75) is 348 Å². The van der Waals surface area contributed by atoms with Gasteiger partial charge in [-0.2, -0.15) is 0 Å². The Kier molecular flexibility index (Phi) is 65.7. The molecule has 0 aromatic rings. The fourth-order valence-electron chi connectivity index (χ4n) is 9.96. The van der Waals surface area contributed by atoms with Crippen molar-refractivity contribution in [3.05, 3.63) is 97.2 Å². The first kappa shape index (κ1) is 77.3. The summed E-state index contributed by atoms with van der Waals surface area (Å²) in [7, 11) is 0. The highest BCUT2D eigenvalue weighted by atomic mass is 16.6. The average Bonchev–Trinajstić information content (AvgIpc) is 3.46. The van der Waals surface area contributed by atoms with E-state index in [1.54, 1.807) is 0 Å². The molecule has 6 nitrogen and oxygen atoms in total. The molecule has 0 aliphatic rings. The maximum atomic E-state index is 12.9. The number of esters is 3. The summed E-state index contributed by atoms with van der Waals surface area (Å²) >= 11 is 0. The highest BCUT2D eigenvalue weighted by Gasteiger charge is 2.19. The normalized spacial score (nSPS) is 12.7. The molecular weight excluding hydrogens is 997 g/mol. The predicted molar refractivity (Wildman–Crippen MR) is 353 cm³/mol. The summed E-state index contributed by atoms with van der Waals surface area (Å²) in [5, 5.41) is 0. The van der Waals surface area contributed by atoms with Crippen LogP contribution in [0.25, 0.3) is 0 Å². The van der Waals surface area contributed by atoms with Gasteiger partial charge in [0.15, 0.2) is 6.10 Å². The first-order valence-electron chi connectivity index (χ1n) is 34.7. The van der Waals surface area contributed by atoms with Crippen LogP contribution < -0.4 is 0 Å². The lowest BCUT2D eigenvalue weighted by Gasteiger charge is -2.18. The van der Waals surface area contributed by atoms with Gasteiger partial charge in [0, 0.05) is 19.3 Å². The van der Waals surface area contributed by atoms with Crippen LogP contribution in [-0.4, -0.2) is 37.2 Å². The van der Waals surface area contributed by atoms with Crippen LogP contribution in [0.2, 0.25) is 0 Å². The minimum Gasteiger partial charge on any atom is -0.462 e. The number of hydrogen-bond donors (Lipinski definition) is 0. The molecule has 0 amide bonds. The minimum absolute atomic E-state index is 0.0823. The summed E-state index contributed by atoms with van der Waals surface area (Å²) < 4.78 is 16.9. The molecule has 0 saturated heterocycles. The van der Waals surface area contributed by atoms with Crippen molar-refractivity contribution in [1.82, 2.24) is 0 Å². The Balaban J connectivity index is 4.17. The van der Waals surface area contributed by atoms with Gasteiger partial charge in [-0.1, -0.05) is 323 Å². The van der Waals surface area contributed by atoms with Gasteiger partial charge in [0.2, 0.25) is 0 Å². The predicted octanol–water partition coefficient (Wildman–Crippen LogP) is 24.0. The molecule has 0 saturated carbocycles. The molecular formula is C75H130O6. The lowest BCUT2D eigenvalue weighted by molar-refractivity contribution is -0.167. The van der Waals surface area contributed by atoms with Gasteiger partial charge in [-0.05, 0) is 96.3 Å². The summed E-state index contributed by atoms with van der Waals surface area (Å²) in [5.74, 6) is -0.889. The molecule has 0 aliphatic heterocycles. The van der Waals surface area contributed by atoms with Crippen LogP contribution in [0.5, 0.6) is 0 Å². The van der Waals surface area contributed by atoms with Crippen molar-refractivity contribution in [3.63, 3.8) is 0 Å². The molecule has 1 unspecified atom stereocenters. The highest BCUT2D eigenvalue weighted by molar-refractivity contribution is 5.71. The Labute approximate surface area is 502 Å². The zero-order chi connectivity index (χ0) is 58.5. The first-order valence-corrected chi connectivity index (χ1v) is 34.7. The number of hydrogen-bond acceptors (Lipinski definition) is 6. The third-order valence-electron chi connectivity index (χ3n) is 15.1. The Hall–Kier alpha value is -3.67. The van der Waals surface area contributed by atoms with Gasteiger partial charge in [-0.25, -0.2) is 0 Å². The van der Waals surface area contributed by atoms with Gasteiger partial charge < -0.3 is 14.2 Å². The Bertz CT molecular complexity index is 1580. The van der Waals surface area contributed by atoms with E-state index in [4.69, 9.17) is 14.2 Å². The van der Waals surface area contributed by atoms with Gasteiger partial charge in [-0.15, -0.1) is 0 Å². The molecule has 6 heteroatoms. The monoisotopic (exact) mass is 1130 g/mol. The van der Waals surface area contributed by atoms with Crippen molar-refractivity contribution < 1.29 is 28.6 Å². The zero-order valence-corrected chi connectivity index (χ0v) is 53.5. The number of rotatable bonds is 63. The van der Waals surface area contributed by atoms with Crippen molar-refractivity contribution in [3.8, 4) is 0 Å². The van der Waals surface area contributed by atoms with E-state index in [0.29, 0.717) is 19.3 Å². The zero-order valence-electron chi connectivity index (χ0n) is 53.5. The lowest BCUT2D eigenvalue weighted by Crippen LogP contribution is -2.30. The van der Waals surface area contributed by atoms with E-state index in [0.717, 1.165) is 122 Å². The summed E-state index contributed by atoms with van der Waals surface area (Å²) in [6.07, 6.45) is 93.0. The van der Waals surface area contributed by atoms with Gasteiger partial charge in [0.1, 0.15) is 13.2 Å². The minimum atomic E-state index is -0.788. The third-order valence-corrected chi connectivity index (χ3v) is 15.1. The van der Waals surface area contributed by atoms with E-state index < -0.39 is 6.10 Å². The number of carbonyl (C=O) groups excluding carboxylic acids is 3. The number of allylic oxidation sites excluding steroid dienone is 16. The summed E-state index contributed by atoms with van der Waals surface area (Å²) in [4.78, 5) is 38.3. The van der Waals surface area contributed by atoms with Crippen molar-refractivity contribution in [1.29, 1.82) is 0 Å². The number of ether oxygens (including phenoxy) is 3. The van der Waals surface area contributed by atoms with E-state index in [1.165, 1.54) is 180 Å². The number of unbranched alkanes of at least 4 members (excludes halogenated alkanes) is 36. The van der Waals surface area contributed by atoms with Crippen LogP contribution in [-0.2, 0) is 28.6 Å². The molecule has 0 heterocycles. The van der Waals surface area contributed by atoms with Gasteiger partial charge in [0.25, 0.3) is 0 Å². The third kappa shape index (κ3) is 67.0. The van der Waals surface area contributed by atoms with Crippen LogP contribution in [0.4, 0.5) is 0 Å². The molecule has 0 aromatic carbocycles. The highest BCUT2D eigenvalue weighted by Crippen LogP contribution is 2.18. The average molecular weight is 1130 g/mol. The van der Waals surface area contributed by atoms with Crippen LogP contribution in [0.15, 0.2) is 97.2 Å². The van der Waals surface area contributed by atoms with Crippen LogP contribution in [0.3, 0.4) is 0 Å². The quantitative estimate of drug-likeness (QED) is 0.0261. The largest absolute Gasteiger partial charge is 0.462 e. The van der Waals surface area contributed by atoms with Crippen LogP contribution in [0.1, 0.15) is 342 Å². The van der Waals surface area contributed by atoms with E-state index in [1.807, 2.05) is 0 Å². The second-order valence-corrected chi connectivity index (χ2v) is 23.0. The van der Waals surface area contributed by atoms with E-state index in [-0.39, 0.29) is 31.1 Å². The molecule has 0 spiro atoms. The van der Waals surface area contributed by atoms with Gasteiger partial charge >= 0.3 is 17.9 Å². The fraction of sp³-hybridized carbons (Fsp3) is 0.747. The second-order valence-electron chi connectivity index (χ2n) is 23.0. The number of carbonyl (C=O) groups is 3. The maximum Gasteiger partial charge on any atom is 0.306 e. The Morgan fingerprint density at radius 1 is 0.259 bits per heavy atom. The molecule has 0 bridgehead atoms. The topological polar surface area (TPSA) is 78.9 Å². The van der Waals surface area contributed by atoms with Crippen molar-refractivity contribution in [2.24, 2.45) is 0 Å². The lowest BCUT2D eigenvalue weighted by atomic mass is 10.0. The molecule has 0 radical (unpaired) electrons. The second kappa shape index (κ2) is 68.8. The van der Waals surface area contributed by atoms with Crippen LogP contribution >= 0.6 is 0 Å². The Morgan fingerprint density at radius 3 is 0.753 bits per heavy atom. The van der Waals surface area contributed by atoms with E-state index in [2.05, 4.69) is 118 Å². The van der Waals surface area contributed by atoms with Crippen molar-refractivity contribution in [2.75, 3.05) is 13.2 Å². The van der Waals surface area contributed by atoms with Crippen molar-refractivity contribution >= 4 is 17.9 Å². The summed E-state index contributed by atoms with van der Waals surface area (Å²) in [6, 6.07) is 0. The smallest absolute Gasteiger partial charge is 0.306 e. The molecule has 0 aliphatic carbocycles. The molecule has 81 heavy (non-hydrogen) atoms. The van der Waals surface area contributed by atoms with Gasteiger partial charge in [0.05, 0.1) is 0 Å². The molecule has 1 atom stereocenters. The summed E-state index contributed by atoms with van der Waals surface area (Å²) in [5.41, 5.74) is 0. The molecule has 466 valence electrons. The van der Waals surface area contributed by atoms with Gasteiger partial charge in [-0.3, -0.25) is 14.4 Å². The molecule has 0 fully saturated rings. The molecule has 0 aromatic heterocycles. The van der Waals surface area contributed by atoms with E-state index >= 15 is 0 Å². The maximum absolute atomic E-state index is 12.9. The fourth-order valence-corrected chi connectivity index (χ4v) is 9.96. The van der Waals surface area contributed by atoms with Crippen LogP contribution in [0, 0.1) is 0 Å².